The molecule has 4 heteroatoms. The van der Waals surface area contributed by atoms with Crippen molar-refractivity contribution >= 4 is 0 Å². The Hall–Kier alpha value is -1.58. The maximum atomic E-state index is 2.26. The molecule has 20 heavy (non-hydrogen) atoms. The van der Waals surface area contributed by atoms with Gasteiger partial charge in [-0.3, -0.25) is 0 Å². The molecule has 0 radical (unpaired) electrons. The molecule has 0 aliphatic rings. The molecule has 0 aromatic carbocycles. The van der Waals surface area contributed by atoms with Crippen molar-refractivity contribution in [1.29, 1.82) is 0 Å². The van der Waals surface area contributed by atoms with E-state index in [9.17, 15) is 0 Å². The smallest absolute Gasteiger partial charge is 0.240 e. The molecule has 2 aromatic heterocycles. The van der Waals surface area contributed by atoms with E-state index in [2.05, 4.69) is 77.2 Å². The summed E-state index contributed by atoms with van der Waals surface area (Å²) in [4.78, 5) is 0. The van der Waals surface area contributed by atoms with Crippen LogP contribution in [0.5, 0.6) is 0 Å². The van der Waals surface area contributed by atoms with Crippen molar-refractivity contribution in [3.8, 4) is 0 Å². The average molecular weight is 278 g/mol. The SMILES string of the molecule is CCCCn1cc[n+](C)c1.CCCn1cc[n+](C)c1C. The van der Waals surface area contributed by atoms with E-state index in [1.54, 1.807) is 0 Å². The van der Waals surface area contributed by atoms with Gasteiger partial charge in [-0.25, -0.2) is 18.3 Å². The Kier molecular flexibility index (Phi) is 7.05. The Morgan fingerprint density at radius 2 is 1.75 bits per heavy atom. The van der Waals surface area contributed by atoms with E-state index in [4.69, 9.17) is 0 Å². The minimum Gasteiger partial charge on any atom is -0.240 e. The summed E-state index contributed by atoms with van der Waals surface area (Å²) < 4.78 is 8.68. The second-order valence-electron chi connectivity index (χ2n) is 5.32. The fraction of sp³-hybridized carbons (Fsp3) is 0.625. The second-order valence-corrected chi connectivity index (χ2v) is 5.32. The lowest BCUT2D eigenvalue weighted by Gasteiger charge is -1.93. The Balaban J connectivity index is 0.000000200. The lowest BCUT2D eigenvalue weighted by atomic mass is 10.3. The Morgan fingerprint density at radius 1 is 1.00 bits per heavy atom. The molecule has 0 atom stereocenters. The van der Waals surface area contributed by atoms with Crippen molar-refractivity contribution in [3.05, 3.63) is 36.9 Å². The van der Waals surface area contributed by atoms with Crippen LogP contribution in [0.25, 0.3) is 0 Å². The number of hydrogen-bond acceptors (Lipinski definition) is 0. The predicted molar refractivity (Wildman–Crippen MR) is 81.2 cm³/mol. The normalized spacial score (nSPS) is 10.2. The zero-order valence-corrected chi connectivity index (χ0v) is 13.7. The molecule has 0 saturated heterocycles. The van der Waals surface area contributed by atoms with Crippen molar-refractivity contribution in [1.82, 2.24) is 9.13 Å². The van der Waals surface area contributed by atoms with Crippen molar-refractivity contribution < 1.29 is 9.13 Å². The van der Waals surface area contributed by atoms with Gasteiger partial charge in [0.05, 0.1) is 27.2 Å². The van der Waals surface area contributed by atoms with Gasteiger partial charge in [0.25, 0.3) is 5.82 Å². The molecule has 0 aliphatic carbocycles. The molecule has 0 aliphatic heterocycles. The van der Waals surface area contributed by atoms with Crippen LogP contribution in [0, 0.1) is 6.92 Å². The van der Waals surface area contributed by atoms with E-state index in [1.165, 1.54) is 25.1 Å². The summed E-state index contributed by atoms with van der Waals surface area (Å²) in [7, 11) is 4.12. The molecule has 0 fully saturated rings. The topological polar surface area (TPSA) is 17.6 Å². The number of unbranched alkanes of at least 4 members (excludes halogenated alkanes) is 1. The maximum Gasteiger partial charge on any atom is 0.253 e. The van der Waals surface area contributed by atoms with E-state index in [0.29, 0.717) is 0 Å². The molecule has 0 N–H and O–H groups in total. The van der Waals surface area contributed by atoms with Gasteiger partial charge in [0.2, 0.25) is 6.33 Å². The molecule has 0 amide bonds. The largest absolute Gasteiger partial charge is 0.253 e. The molecule has 0 spiro atoms. The van der Waals surface area contributed by atoms with Crippen molar-refractivity contribution in [2.45, 2.75) is 53.1 Å². The fourth-order valence-corrected chi connectivity index (χ4v) is 2.05. The molecule has 0 bridgehead atoms. The summed E-state index contributed by atoms with van der Waals surface area (Å²) in [6.45, 7) is 8.82. The first-order chi connectivity index (χ1) is 9.58. The van der Waals surface area contributed by atoms with E-state index in [1.807, 2.05) is 7.05 Å². The lowest BCUT2D eigenvalue weighted by molar-refractivity contribution is -0.677. The third-order valence-electron chi connectivity index (χ3n) is 3.45. The van der Waals surface area contributed by atoms with Gasteiger partial charge in [-0.1, -0.05) is 20.3 Å². The number of nitrogens with zero attached hydrogens (tertiary/aromatic N) is 4. The number of rotatable bonds is 5. The molecule has 112 valence electrons. The van der Waals surface area contributed by atoms with Crippen LogP contribution in [0.3, 0.4) is 0 Å². The zero-order chi connectivity index (χ0) is 15.0. The second kappa shape index (κ2) is 8.56. The number of hydrogen-bond donors (Lipinski definition) is 0. The number of aromatic nitrogens is 4. The number of imidazole rings is 2. The highest BCUT2D eigenvalue weighted by Gasteiger charge is 2.05. The molecule has 2 rings (SSSR count). The zero-order valence-electron chi connectivity index (χ0n) is 13.7. The summed E-state index contributed by atoms with van der Waals surface area (Å²) in [5.74, 6) is 1.32. The molecular formula is C16H30N4+2. The van der Waals surface area contributed by atoms with E-state index in [-0.39, 0.29) is 0 Å². The minimum atomic E-state index is 1.13. The maximum absolute atomic E-state index is 2.26. The van der Waals surface area contributed by atoms with Crippen LogP contribution in [-0.2, 0) is 27.2 Å². The summed E-state index contributed by atoms with van der Waals surface area (Å²) in [5, 5.41) is 0. The summed E-state index contributed by atoms with van der Waals surface area (Å²) in [6.07, 6.45) is 14.2. The first-order valence-electron chi connectivity index (χ1n) is 7.60. The molecule has 4 nitrogen and oxygen atoms in total. The summed E-state index contributed by atoms with van der Waals surface area (Å²) in [6, 6.07) is 0. The van der Waals surface area contributed by atoms with Crippen LogP contribution < -0.4 is 9.13 Å². The Labute approximate surface area is 123 Å². The van der Waals surface area contributed by atoms with Crippen LogP contribution in [0.15, 0.2) is 31.1 Å². The van der Waals surface area contributed by atoms with Gasteiger partial charge < -0.3 is 0 Å². The third-order valence-corrected chi connectivity index (χ3v) is 3.45. The highest BCUT2D eigenvalue weighted by atomic mass is 15.1. The van der Waals surface area contributed by atoms with Crippen LogP contribution in [-0.4, -0.2) is 9.13 Å². The standard InChI is InChI=1S/2C8H15N2/c1-4-5-10-7-6-9(3)8(10)2;1-3-4-5-10-7-6-9(2)8-10/h6-7H,4-5H2,1-3H3;6-8H,3-5H2,1-2H3/q2*+1. The molecular weight excluding hydrogens is 248 g/mol. The average Bonchev–Trinajstić information content (AvgIpc) is 2.98. The van der Waals surface area contributed by atoms with Crippen LogP contribution in [0.4, 0.5) is 0 Å². The highest BCUT2D eigenvalue weighted by Crippen LogP contribution is 1.93. The van der Waals surface area contributed by atoms with E-state index >= 15 is 0 Å². The molecule has 2 aromatic rings. The first kappa shape index (κ1) is 16.5. The summed E-state index contributed by atoms with van der Waals surface area (Å²) >= 11 is 0. The monoisotopic (exact) mass is 278 g/mol. The van der Waals surface area contributed by atoms with Crippen LogP contribution >= 0.6 is 0 Å². The Bertz CT molecular complexity index is 496. The van der Waals surface area contributed by atoms with Gasteiger partial charge in [0.15, 0.2) is 0 Å². The lowest BCUT2D eigenvalue weighted by Crippen LogP contribution is -2.29. The van der Waals surface area contributed by atoms with Crippen molar-refractivity contribution in [3.63, 3.8) is 0 Å². The molecule has 0 unspecified atom stereocenters. The Morgan fingerprint density at radius 3 is 2.20 bits per heavy atom. The van der Waals surface area contributed by atoms with Gasteiger partial charge in [-0.2, -0.15) is 0 Å². The molecule has 2 heterocycles. The fourth-order valence-electron chi connectivity index (χ4n) is 2.05. The van der Waals surface area contributed by atoms with Gasteiger partial charge in [0, 0.05) is 6.92 Å². The van der Waals surface area contributed by atoms with Gasteiger partial charge in [0.1, 0.15) is 24.8 Å². The van der Waals surface area contributed by atoms with Crippen molar-refractivity contribution in [2.75, 3.05) is 0 Å². The first-order valence-corrected chi connectivity index (χ1v) is 7.60. The third kappa shape index (κ3) is 5.19. The van der Waals surface area contributed by atoms with Crippen LogP contribution in [0.2, 0.25) is 0 Å². The van der Waals surface area contributed by atoms with Crippen molar-refractivity contribution in [2.24, 2.45) is 14.1 Å². The molecule has 0 saturated carbocycles. The van der Waals surface area contributed by atoms with E-state index < -0.39 is 0 Å². The van der Waals surface area contributed by atoms with Gasteiger partial charge >= 0.3 is 0 Å². The number of aryl methyl sites for hydroxylation is 4. The highest BCUT2D eigenvalue weighted by molar-refractivity contribution is 4.78. The van der Waals surface area contributed by atoms with Gasteiger partial charge in [-0.05, 0) is 12.8 Å². The van der Waals surface area contributed by atoms with Gasteiger partial charge in [-0.15, -0.1) is 0 Å². The van der Waals surface area contributed by atoms with Crippen LogP contribution in [0.1, 0.15) is 38.9 Å². The predicted octanol–water partition coefficient (Wildman–Crippen LogP) is 2.14. The van der Waals surface area contributed by atoms with E-state index in [0.717, 1.165) is 13.1 Å². The quantitative estimate of drug-likeness (QED) is 0.746. The summed E-state index contributed by atoms with van der Waals surface area (Å²) in [5.41, 5.74) is 0. The minimum absolute atomic E-state index is 1.13.